The van der Waals surface area contributed by atoms with Gasteiger partial charge in [0.05, 0.1) is 0 Å². The number of amides is 1. The van der Waals surface area contributed by atoms with E-state index in [4.69, 9.17) is 9.47 Å². The topological polar surface area (TPSA) is 71.0 Å². The smallest absolute Gasteiger partial charge is 0.223 e. The van der Waals surface area contributed by atoms with Crippen LogP contribution in [0.5, 0.6) is 5.75 Å². The van der Waals surface area contributed by atoms with Gasteiger partial charge in [0, 0.05) is 58.0 Å². The lowest BCUT2D eigenvalue weighted by molar-refractivity contribution is -0.130. The normalized spacial score (nSPS) is 21.1. The number of carbonyl (C=O) groups is 1. The Balaban J connectivity index is 1.57. The number of nitrogens with one attached hydrogen (secondary N) is 1. The molecule has 0 unspecified atom stereocenters. The van der Waals surface area contributed by atoms with Gasteiger partial charge in [-0.15, -0.1) is 0 Å². The van der Waals surface area contributed by atoms with Crippen molar-refractivity contribution in [3.8, 4) is 5.75 Å². The van der Waals surface area contributed by atoms with Crippen molar-refractivity contribution in [2.75, 3.05) is 40.0 Å². The first-order valence-corrected chi connectivity index (χ1v) is 9.99. The minimum absolute atomic E-state index is 0.0770. The van der Waals surface area contributed by atoms with E-state index in [1.807, 2.05) is 12.1 Å². The van der Waals surface area contributed by atoms with E-state index in [9.17, 15) is 9.90 Å². The van der Waals surface area contributed by atoms with E-state index in [0.29, 0.717) is 25.6 Å². The first kappa shape index (κ1) is 20.1. The summed E-state index contributed by atoms with van der Waals surface area (Å²) in [6, 6.07) is 7.40. The van der Waals surface area contributed by atoms with Crippen LogP contribution in [0.2, 0.25) is 0 Å². The van der Waals surface area contributed by atoms with Crippen LogP contribution >= 0.6 is 0 Å². The molecule has 0 atom stereocenters. The molecule has 1 aromatic carbocycles. The van der Waals surface area contributed by atoms with Crippen LogP contribution in [0.4, 0.5) is 0 Å². The lowest BCUT2D eigenvalue weighted by Gasteiger charge is -2.43. The number of carbonyl (C=O) groups excluding carboxylic acids is 1. The number of phenols is 1. The molecule has 0 spiro atoms. The lowest BCUT2D eigenvalue weighted by Crippen LogP contribution is -2.57. The monoisotopic (exact) mass is 376 g/mol. The number of ether oxygens (including phenoxy) is 2. The van der Waals surface area contributed by atoms with E-state index < -0.39 is 0 Å². The predicted molar refractivity (Wildman–Crippen MR) is 104 cm³/mol. The Morgan fingerprint density at radius 3 is 2.56 bits per heavy atom. The molecule has 2 heterocycles. The number of methoxy groups -OCH3 is 1. The second-order valence-corrected chi connectivity index (χ2v) is 7.84. The fraction of sp³-hybridized carbons (Fsp3) is 0.667. The molecule has 150 valence electrons. The molecule has 1 amide bonds. The molecule has 2 fully saturated rings. The van der Waals surface area contributed by atoms with Crippen molar-refractivity contribution in [2.24, 2.45) is 5.92 Å². The first-order valence-electron chi connectivity index (χ1n) is 9.99. The van der Waals surface area contributed by atoms with E-state index in [0.717, 1.165) is 51.7 Å². The van der Waals surface area contributed by atoms with Crippen molar-refractivity contribution in [3.63, 3.8) is 0 Å². The second kappa shape index (κ2) is 9.53. The third-order valence-electron chi connectivity index (χ3n) is 5.92. The molecular weight excluding hydrogens is 344 g/mol. The lowest BCUT2D eigenvalue weighted by atomic mass is 9.83. The van der Waals surface area contributed by atoms with Gasteiger partial charge in [0.25, 0.3) is 0 Å². The number of phenolic OH excluding ortho intramolecular Hbond substituents is 1. The average molecular weight is 376 g/mol. The van der Waals surface area contributed by atoms with Gasteiger partial charge in [0.1, 0.15) is 5.75 Å². The van der Waals surface area contributed by atoms with E-state index in [1.165, 1.54) is 5.56 Å². The summed E-state index contributed by atoms with van der Waals surface area (Å²) in [7, 11) is 1.72. The minimum Gasteiger partial charge on any atom is -0.508 e. The molecule has 0 saturated carbocycles. The summed E-state index contributed by atoms with van der Waals surface area (Å²) in [4.78, 5) is 15.2. The van der Waals surface area contributed by atoms with Gasteiger partial charge in [-0.05, 0) is 49.8 Å². The third-order valence-corrected chi connectivity index (χ3v) is 5.92. The number of nitrogens with zero attached hydrogens (tertiary/aromatic N) is 1. The summed E-state index contributed by atoms with van der Waals surface area (Å²) in [6.07, 6.45) is 4.36. The Hall–Kier alpha value is -1.63. The van der Waals surface area contributed by atoms with E-state index in [1.54, 1.807) is 19.2 Å². The van der Waals surface area contributed by atoms with Crippen molar-refractivity contribution < 1.29 is 19.4 Å². The van der Waals surface area contributed by atoms with Gasteiger partial charge >= 0.3 is 0 Å². The highest BCUT2D eigenvalue weighted by molar-refractivity contribution is 5.79. The highest BCUT2D eigenvalue weighted by atomic mass is 16.5. The maximum absolute atomic E-state index is 12.8. The minimum atomic E-state index is -0.170. The maximum Gasteiger partial charge on any atom is 0.223 e. The number of aromatic hydroxyl groups is 1. The molecule has 6 nitrogen and oxygen atoms in total. The number of benzene rings is 1. The number of likely N-dealkylation sites (tertiary alicyclic amines) is 1. The van der Waals surface area contributed by atoms with Crippen LogP contribution in [0.1, 0.15) is 37.7 Å². The summed E-state index contributed by atoms with van der Waals surface area (Å²) in [5.74, 6) is 0.557. The van der Waals surface area contributed by atoms with Crippen LogP contribution in [0.3, 0.4) is 0 Å². The fourth-order valence-electron chi connectivity index (χ4n) is 4.06. The summed E-state index contributed by atoms with van der Waals surface area (Å²) in [5.41, 5.74) is 1.03. The Morgan fingerprint density at radius 1 is 1.26 bits per heavy atom. The number of hydrogen-bond donors (Lipinski definition) is 2. The van der Waals surface area contributed by atoms with Crippen LogP contribution in [0.15, 0.2) is 24.3 Å². The molecule has 2 aliphatic heterocycles. The zero-order valence-electron chi connectivity index (χ0n) is 16.3. The highest BCUT2D eigenvalue weighted by Gasteiger charge is 2.37. The largest absolute Gasteiger partial charge is 0.508 e. The molecule has 2 N–H and O–H groups in total. The number of rotatable bonds is 7. The molecule has 2 aliphatic rings. The number of piperidine rings is 1. The van der Waals surface area contributed by atoms with Gasteiger partial charge in [-0.3, -0.25) is 9.69 Å². The SMILES string of the molecule is COCCC1(NC(=O)C2CCOCC2)CCN(Cc2ccc(O)cc2)CC1. The number of hydrogen-bond acceptors (Lipinski definition) is 5. The Bertz CT molecular complexity index is 591. The molecule has 0 radical (unpaired) electrons. The molecule has 0 aliphatic carbocycles. The predicted octanol–water partition coefficient (Wildman–Crippen LogP) is 2.31. The summed E-state index contributed by atoms with van der Waals surface area (Å²) in [6.45, 7) is 4.78. The van der Waals surface area contributed by atoms with E-state index in [-0.39, 0.29) is 17.4 Å². The van der Waals surface area contributed by atoms with Gasteiger partial charge in [-0.1, -0.05) is 12.1 Å². The molecular formula is C21H32N2O4. The quantitative estimate of drug-likeness (QED) is 0.764. The average Bonchev–Trinajstić information content (AvgIpc) is 2.70. The second-order valence-electron chi connectivity index (χ2n) is 7.84. The molecule has 1 aromatic rings. The van der Waals surface area contributed by atoms with Gasteiger partial charge in [0.2, 0.25) is 5.91 Å². The van der Waals surface area contributed by atoms with Gasteiger partial charge in [0.15, 0.2) is 0 Å². The van der Waals surface area contributed by atoms with Crippen molar-refractivity contribution in [1.29, 1.82) is 0 Å². The van der Waals surface area contributed by atoms with Gasteiger partial charge < -0.3 is 19.9 Å². The molecule has 3 rings (SSSR count). The van der Waals surface area contributed by atoms with Crippen LogP contribution < -0.4 is 5.32 Å². The molecule has 6 heteroatoms. The van der Waals surface area contributed by atoms with Crippen molar-refractivity contribution in [2.45, 2.75) is 44.2 Å². The van der Waals surface area contributed by atoms with Crippen molar-refractivity contribution in [1.82, 2.24) is 10.2 Å². The summed E-state index contributed by atoms with van der Waals surface area (Å²) >= 11 is 0. The standard InChI is InChI=1S/C21H32N2O4/c1-26-15-10-21(22-20(25)18-6-13-27-14-7-18)8-11-23(12-9-21)16-17-2-4-19(24)5-3-17/h2-5,18,24H,6-16H2,1H3,(H,22,25). The Labute approximate surface area is 161 Å². The van der Waals surface area contributed by atoms with Crippen LogP contribution in [-0.2, 0) is 20.8 Å². The highest BCUT2D eigenvalue weighted by Crippen LogP contribution is 2.28. The molecule has 27 heavy (non-hydrogen) atoms. The molecule has 0 aromatic heterocycles. The van der Waals surface area contributed by atoms with Crippen molar-refractivity contribution >= 4 is 5.91 Å². The summed E-state index contributed by atoms with van der Waals surface area (Å²) in [5, 5.41) is 12.8. The summed E-state index contributed by atoms with van der Waals surface area (Å²) < 4.78 is 10.7. The molecule has 0 bridgehead atoms. The zero-order chi connectivity index (χ0) is 19.1. The van der Waals surface area contributed by atoms with Crippen LogP contribution in [0, 0.1) is 5.92 Å². The van der Waals surface area contributed by atoms with E-state index >= 15 is 0 Å². The van der Waals surface area contributed by atoms with Crippen molar-refractivity contribution in [3.05, 3.63) is 29.8 Å². The molecule has 2 saturated heterocycles. The van der Waals surface area contributed by atoms with Crippen LogP contribution in [0.25, 0.3) is 0 Å². The Morgan fingerprint density at radius 2 is 1.93 bits per heavy atom. The van der Waals surface area contributed by atoms with Crippen LogP contribution in [-0.4, -0.2) is 61.5 Å². The zero-order valence-corrected chi connectivity index (χ0v) is 16.3. The maximum atomic E-state index is 12.8. The first-order chi connectivity index (χ1) is 13.1. The van der Waals surface area contributed by atoms with Gasteiger partial charge in [-0.25, -0.2) is 0 Å². The van der Waals surface area contributed by atoms with E-state index in [2.05, 4.69) is 10.2 Å². The third kappa shape index (κ3) is 5.67. The van der Waals surface area contributed by atoms with Gasteiger partial charge in [-0.2, -0.15) is 0 Å². The Kier molecular flexibility index (Phi) is 7.10. The fourth-order valence-corrected chi connectivity index (χ4v) is 4.06.